The van der Waals surface area contributed by atoms with Crippen LogP contribution >= 0.6 is 0 Å². The molecule has 0 aliphatic carbocycles. The van der Waals surface area contributed by atoms with Crippen molar-refractivity contribution in [3.63, 3.8) is 0 Å². The van der Waals surface area contributed by atoms with Crippen LogP contribution in [0.5, 0.6) is 0 Å². The van der Waals surface area contributed by atoms with Crippen LogP contribution in [-0.2, 0) is 14.3 Å². The second kappa shape index (κ2) is 2.41. The molecule has 5 heteroatoms. The summed E-state index contributed by atoms with van der Waals surface area (Å²) >= 11 is 0. The minimum atomic E-state index is -0.945. The summed E-state index contributed by atoms with van der Waals surface area (Å²) in [6, 6.07) is 0. The summed E-state index contributed by atoms with van der Waals surface area (Å²) in [6.07, 6.45) is 3.19. The Morgan fingerprint density at radius 3 is 3.13 bits per heavy atom. The zero-order valence-corrected chi connectivity index (χ0v) is 8.21. The van der Waals surface area contributed by atoms with Crippen LogP contribution in [0.4, 0.5) is 0 Å². The van der Waals surface area contributed by atoms with Gasteiger partial charge in [0.25, 0.3) is 0 Å². The number of fused-ring (bicyclic) bond motifs is 1. The molecule has 3 rings (SSSR count). The number of likely N-dealkylation sites (N-methyl/N-ethyl adjacent to an activating group) is 1. The van der Waals surface area contributed by atoms with Crippen molar-refractivity contribution in [1.29, 1.82) is 0 Å². The number of aliphatic carboxylic acids is 1. The van der Waals surface area contributed by atoms with Gasteiger partial charge in [0.1, 0.15) is 11.5 Å². The SMILES string of the molecule is CN1CC23C=CC(O2)C(C(=O)O)C3C1=O. The van der Waals surface area contributed by atoms with Crippen molar-refractivity contribution in [2.24, 2.45) is 11.8 Å². The van der Waals surface area contributed by atoms with Gasteiger partial charge in [-0.15, -0.1) is 0 Å². The number of hydrogen-bond donors (Lipinski definition) is 1. The normalized spacial score (nSPS) is 46.3. The molecule has 0 aromatic carbocycles. The second-order valence-corrected chi connectivity index (χ2v) is 4.43. The maximum Gasteiger partial charge on any atom is 0.310 e. The molecule has 1 spiro atoms. The van der Waals surface area contributed by atoms with Gasteiger partial charge in [0.15, 0.2) is 0 Å². The molecule has 80 valence electrons. The Kier molecular flexibility index (Phi) is 1.43. The van der Waals surface area contributed by atoms with Crippen LogP contribution in [0.1, 0.15) is 0 Å². The molecular weight excluding hydrogens is 198 g/mol. The van der Waals surface area contributed by atoms with E-state index >= 15 is 0 Å². The molecule has 4 unspecified atom stereocenters. The first-order chi connectivity index (χ1) is 7.05. The highest BCUT2D eigenvalue weighted by atomic mass is 16.5. The molecule has 2 saturated heterocycles. The average Bonchev–Trinajstić information content (AvgIpc) is 2.75. The van der Waals surface area contributed by atoms with Crippen LogP contribution in [0.2, 0.25) is 0 Å². The lowest BCUT2D eigenvalue weighted by Crippen LogP contribution is -2.38. The fourth-order valence-corrected chi connectivity index (χ4v) is 2.97. The predicted octanol–water partition coefficient (Wildman–Crippen LogP) is -0.517. The van der Waals surface area contributed by atoms with Crippen molar-refractivity contribution in [3.05, 3.63) is 12.2 Å². The van der Waals surface area contributed by atoms with Crippen LogP contribution in [0.15, 0.2) is 12.2 Å². The molecule has 0 saturated carbocycles. The number of nitrogens with zero attached hydrogens (tertiary/aromatic N) is 1. The van der Waals surface area contributed by atoms with Gasteiger partial charge in [-0.25, -0.2) is 0 Å². The highest BCUT2D eigenvalue weighted by molar-refractivity contribution is 5.90. The van der Waals surface area contributed by atoms with E-state index in [4.69, 9.17) is 9.84 Å². The molecule has 2 fully saturated rings. The molecule has 0 aromatic rings. The first-order valence-electron chi connectivity index (χ1n) is 4.90. The number of ether oxygens (including phenoxy) is 1. The van der Waals surface area contributed by atoms with E-state index in [2.05, 4.69) is 0 Å². The Morgan fingerprint density at radius 2 is 2.47 bits per heavy atom. The summed E-state index contributed by atoms with van der Waals surface area (Å²) in [4.78, 5) is 24.5. The van der Waals surface area contributed by atoms with Crippen molar-refractivity contribution in [2.45, 2.75) is 11.7 Å². The number of rotatable bonds is 1. The Bertz CT molecular complexity index is 391. The molecule has 3 aliphatic rings. The van der Waals surface area contributed by atoms with E-state index in [9.17, 15) is 9.59 Å². The topological polar surface area (TPSA) is 66.8 Å². The van der Waals surface area contributed by atoms with Gasteiger partial charge in [-0.3, -0.25) is 9.59 Å². The minimum absolute atomic E-state index is 0.116. The third-order valence-corrected chi connectivity index (χ3v) is 3.57. The third-order valence-electron chi connectivity index (χ3n) is 3.57. The summed E-state index contributed by atoms with van der Waals surface area (Å²) in [7, 11) is 1.68. The fourth-order valence-electron chi connectivity index (χ4n) is 2.97. The number of amides is 1. The monoisotopic (exact) mass is 209 g/mol. The van der Waals surface area contributed by atoms with Gasteiger partial charge in [-0.1, -0.05) is 12.2 Å². The maximum absolute atomic E-state index is 11.8. The van der Waals surface area contributed by atoms with Crippen molar-refractivity contribution >= 4 is 11.9 Å². The standard InChI is InChI=1S/C10H11NO4/c1-11-4-10-3-2-5(15-10)6(9(13)14)7(10)8(11)12/h2-3,5-7H,4H2,1H3,(H,13,14). The number of likely N-dealkylation sites (tertiary alicyclic amines) is 1. The summed E-state index contributed by atoms with van der Waals surface area (Å²) in [5.41, 5.74) is -0.667. The summed E-state index contributed by atoms with van der Waals surface area (Å²) in [5.74, 6) is -2.31. The zero-order valence-electron chi connectivity index (χ0n) is 8.21. The van der Waals surface area contributed by atoms with E-state index in [1.807, 2.05) is 6.08 Å². The van der Waals surface area contributed by atoms with Gasteiger partial charge in [0.05, 0.1) is 18.6 Å². The summed E-state index contributed by atoms with van der Waals surface area (Å²) in [5, 5.41) is 9.10. The lowest BCUT2D eigenvalue weighted by Gasteiger charge is -2.21. The fraction of sp³-hybridized carbons (Fsp3) is 0.600. The van der Waals surface area contributed by atoms with Crippen LogP contribution in [0, 0.1) is 11.8 Å². The Morgan fingerprint density at radius 1 is 1.73 bits per heavy atom. The molecule has 3 aliphatic heterocycles. The molecule has 1 N–H and O–H groups in total. The van der Waals surface area contributed by atoms with E-state index in [1.165, 1.54) is 0 Å². The first kappa shape index (κ1) is 8.91. The number of carbonyl (C=O) groups excluding carboxylic acids is 1. The predicted molar refractivity (Wildman–Crippen MR) is 49.0 cm³/mol. The second-order valence-electron chi connectivity index (χ2n) is 4.43. The maximum atomic E-state index is 11.8. The van der Waals surface area contributed by atoms with E-state index in [-0.39, 0.29) is 5.91 Å². The number of carboxylic acids is 1. The molecule has 0 aromatic heterocycles. The van der Waals surface area contributed by atoms with Gasteiger partial charge in [0, 0.05) is 7.05 Å². The largest absolute Gasteiger partial charge is 0.481 e. The summed E-state index contributed by atoms with van der Waals surface area (Å²) in [6.45, 7) is 0.466. The molecular formula is C10H11NO4. The van der Waals surface area contributed by atoms with Crippen molar-refractivity contribution in [2.75, 3.05) is 13.6 Å². The van der Waals surface area contributed by atoms with Crippen molar-refractivity contribution in [1.82, 2.24) is 4.90 Å². The average molecular weight is 209 g/mol. The van der Waals surface area contributed by atoms with Crippen LogP contribution < -0.4 is 0 Å². The first-order valence-corrected chi connectivity index (χ1v) is 4.90. The lowest BCUT2D eigenvalue weighted by atomic mass is 9.77. The van der Waals surface area contributed by atoms with Crippen LogP contribution in [0.25, 0.3) is 0 Å². The summed E-state index contributed by atoms with van der Waals surface area (Å²) < 4.78 is 5.64. The number of hydrogen-bond acceptors (Lipinski definition) is 3. The van der Waals surface area contributed by atoms with Gasteiger partial charge in [-0.05, 0) is 0 Å². The van der Waals surface area contributed by atoms with Crippen LogP contribution in [-0.4, -0.2) is 47.2 Å². The zero-order chi connectivity index (χ0) is 10.8. The van der Waals surface area contributed by atoms with E-state index in [0.29, 0.717) is 6.54 Å². The van der Waals surface area contributed by atoms with E-state index < -0.39 is 29.5 Å². The molecule has 15 heavy (non-hydrogen) atoms. The Balaban J connectivity index is 2.08. The molecule has 0 radical (unpaired) electrons. The molecule has 4 atom stereocenters. The highest BCUT2D eigenvalue weighted by Gasteiger charge is 2.66. The quantitative estimate of drug-likeness (QED) is 0.590. The van der Waals surface area contributed by atoms with Gasteiger partial charge in [-0.2, -0.15) is 0 Å². The van der Waals surface area contributed by atoms with Gasteiger partial charge >= 0.3 is 5.97 Å². The molecule has 5 nitrogen and oxygen atoms in total. The number of carboxylic acid groups (broad SMARTS) is 1. The van der Waals surface area contributed by atoms with E-state index in [1.54, 1.807) is 18.0 Å². The lowest BCUT2D eigenvalue weighted by molar-refractivity contribution is -0.147. The molecule has 3 heterocycles. The van der Waals surface area contributed by atoms with Crippen LogP contribution in [0.3, 0.4) is 0 Å². The molecule has 1 amide bonds. The smallest absolute Gasteiger partial charge is 0.310 e. The Hall–Kier alpha value is -1.36. The van der Waals surface area contributed by atoms with Gasteiger partial charge in [0.2, 0.25) is 5.91 Å². The number of carbonyl (C=O) groups is 2. The third kappa shape index (κ3) is 0.866. The van der Waals surface area contributed by atoms with Crippen molar-refractivity contribution in [3.8, 4) is 0 Å². The van der Waals surface area contributed by atoms with Gasteiger partial charge < -0.3 is 14.7 Å². The highest BCUT2D eigenvalue weighted by Crippen LogP contribution is 2.51. The molecule has 2 bridgehead atoms. The van der Waals surface area contributed by atoms with E-state index in [0.717, 1.165) is 0 Å². The van der Waals surface area contributed by atoms with Crippen molar-refractivity contribution < 1.29 is 19.4 Å². The Labute approximate surface area is 86.3 Å². The minimum Gasteiger partial charge on any atom is -0.481 e.